The van der Waals surface area contributed by atoms with E-state index < -0.39 is 0 Å². The lowest BCUT2D eigenvalue weighted by Gasteiger charge is -2.24. The highest BCUT2D eigenvalue weighted by Gasteiger charge is 2.24. The van der Waals surface area contributed by atoms with E-state index in [1.54, 1.807) is 0 Å². The second-order valence-electron chi connectivity index (χ2n) is 6.21. The third-order valence-electron chi connectivity index (χ3n) is 4.84. The van der Waals surface area contributed by atoms with Crippen LogP contribution in [0.4, 0.5) is 0 Å². The number of ether oxygens (including phenoxy) is 2. The van der Waals surface area contributed by atoms with Crippen LogP contribution in [0, 0.1) is 0 Å². The largest absolute Gasteiger partial charge is 0.454 e. The van der Waals surface area contributed by atoms with Crippen LogP contribution in [0.2, 0.25) is 0 Å². The van der Waals surface area contributed by atoms with E-state index >= 15 is 0 Å². The number of rotatable bonds is 2. The second kappa shape index (κ2) is 5.03. The van der Waals surface area contributed by atoms with Crippen molar-refractivity contribution in [2.75, 3.05) is 13.3 Å². The van der Waals surface area contributed by atoms with E-state index in [4.69, 9.17) is 9.47 Å². The summed E-state index contributed by atoms with van der Waals surface area (Å²) in [5, 5.41) is 5.01. The average molecular weight is 306 g/mol. The second-order valence-corrected chi connectivity index (χ2v) is 6.21. The maximum Gasteiger partial charge on any atom is 0.231 e. The van der Waals surface area contributed by atoms with Crippen LogP contribution in [-0.2, 0) is 12.8 Å². The summed E-state index contributed by atoms with van der Waals surface area (Å²) in [5.41, 5.74) is 5.29. The van der Waals surface area contributed by atoms with Crippen molar-refractivity contribution in [3.05, 3.63) is 59.3 Å². The number of fused-ring (bicyclic) bond motifs is 4. The molecule has 1 atom stereocenters. The van der Waals surface area contributed by atoms with E-state index in [0.29, 0.717) is 12.8 Å². The number of para-hydroxylation sites is 1. The smallest absolute Gasteiger partial charge is 0.231 e. The Bertz CT molecular complexity index is 884. The van der Waals surface area contributed by atoms with Crippen molar-refractivity contribution >= 4 is 10.9 Å². The van der Waals surface area contributed by atoms with Crippen molar-refractivity contribution in [1.82, 2.24) is 10.3 Å². The topological polar surface area (TPSA) is 46.3 Å². The van der Waals surface area contributed by atoms with Gasteiger partial charge in [0.15, 0.2) is 11.5 Å². The van der Waals surface area contributed by atoms with E-state index in [2.05, 4.69) is 46.7 Å². The van der Waals surface area contributed by atoms with Gasteiger partial charge in [-0.3, -0.25) is 0 Å². The Kier molecular flexibility index (Phi) is 2.85. The molecule has 0 radical (unpaired) electrons. The molecule has 0 amide bonds. The van der Waals surface area contributed by atoms with E-state index in [9.17, 15) is 0 Å². The van der Waals surface area contributed by atoms with Crippen LogP contribution in [0.25, 0.3) is 10.9 Å². The molecule has 116 valence electrons. The maximum atomic E-state index is 5.50. The zero-order valence-electron chi connectivity index (χ0n) is 12.8. The van der Waals surface area contributed by atoms with E-state index in [0.717, 1.165) is 30.9 Å². The molecule has 2 N–H and O–H groups in total. The van der Waals surface area contributed by atoms with Gasteiger partial charge in [0.1, 0.15) is 0 Å². The summed E-state index contributed by atoms with van der Waals surface area (Å²) in [4.78, 5) is 3.62. The average Bonchev–Trinajstić information content (AvgIpc) is 3.19. The number of H-pyrrole nitrogens is 1. The summed E-state index contributed by atoms with van der Waals surface area (Å²) in [6.07, 6.45) is 2.02. The first kappa shape index (κ1) is 13.0. The minimum atomic E-state index is 0.312. The number of hydrogen-bond donors (Lipinski definition) is 2. The molecule has 0 unspecified atom stereocenters. The van der Waals surface area contributed by atoms with Crippen LogP contribution in [0.1, 0.15) is 22.9 Å². The normalized spacial score (nSPS) is 19.0. The van der Waals surface area contributed by atoms with Crippen LogP contribution >= 0.6 is 0 Å². The van der Waals surface area contributed by atoms with Gasteiger partial charge >= 0.3 is 0 Å². The van der Waals surface area contributed by atoms with Crippen LogP contribution in [0.3, 0.4) is 0 Å². The number of benzene rings is 2. The first-order chi connectivity index (χ1) is 11.4. The Morgan fingerprint density at radius 1 is 1.04 bits per heavy atom. The summed E-state index contributed by atoms with van der Waals surface area (Å²) in [5.74, 6) is 1.70. The lowest BCUT2D eigenvalue weighted by Crippen LogP contribution is -2.31. The summed E-state index contributed by atoms with van der Waals surface area (Å²) >= 11 is 0. The molecule has 2 aliphatic heterocycles. The first-order valence-corrected chi connectivity index (χ1v) is 8.10. The minimum absolute atomic E-state index is 0.312. The van der Waals surface area contributed by atoms with Crippen molar-refractivity contribution < 1.29 is 9.47 Å². The van der Waals surface area contributed by atoms with Crippen molar-refractivity contribution in [2.45, 2.75) is 18.9 Å². The fourth-order valence-electron chi connectivity index (χ4n) is 3.74. The van der Waals surface area contributed by atoms with Gasteiger partial charge in [0, 0.05) is 16.6 Å². The molecule has 0 bridgehead atoms. The lowest BCUT2D eigenvalue weighted by atomic mass is 9.94. The Balaban J connectivity index is 1.51. The van der Waals surface area contributed by atoms with Gasteiger partial charge in [0.25, 0.3) is 0 Å². The predicted molar refractivity (Wildman–Crippen MR) is 89.0 cm³/mol. The zero-order chi connectivity index (χ0) is 15.2. The first-order valence-electron chi connectivity index (χ1n) is 8.10. The molecule has 4 heteroatoms. The number of aromatic nitrogens is 1. The van der Waals surface area contributed by atoms with Crippen LogP contribution < -0.4 is 14.8 Å². The molecule has 1 aromatic heterocycles. The Morgan fingerprint density at radius 3 is 2.96 bits per heavy atom. The van der Waals surface area contributed by atoms with Crippen LogP contribution in [0.5, 0.6) is 11.5 Å². The molecule has 0 saturated carbocycles. The number of hydrogen-bond acceptors (Lipinski definition) is 3. The predicted octanol–water partition coefficient (Wildman–Crippen LogP) is 3.33. The molecule has 5 rings (SSSR count). The third-order valence-corrected chi connectivity index (χ3v) is 4.84. The van der Waals surface area contributed by atoms with Gasteiger partial charge < -0.3 is 19.8 Å². The lowest BCUT2D eigenvalue weighted by molar-refractivity contribution is 0.174. The summed E-state index contributed by atoms with van der Waals surface area (Å²) in [7, 11) is 0. The van der Waals surface area contributed by atoms with Gasteiger partial charge in [-0.2, -0.15) is 0 Å². The highest BCUT2D eigenvalue weighted by molar-refractivity contribution is 5.85. The maximum absolute atomic E-state index is 5.50. The Morgan fingerprint density at radius 2 is 1.96 bits per heavy atom. The molecule has 23 heavy (non-hydrogen) atoms. The molecule has 2 aromatic carbocycles. The third kappa shape index (κ3) is 2.10. The highest BCUT2D eigenvalue weighted by Crippen LogP contribution is 2.35. The standard InChI is InChI=1S/C19H18N2O2/c1-2-4-15-13(3-1)14-7-8-20-16(19(14)21-15)9-12-5-6-17-18(10-12)23-11-22-17/h1-6,10,16,20-21H,7-9,11H2/t16-/m0/s1. The molecule has 3 aromatic rings. The molecule has 2 aliphatic rings. The number of aromatic amines is 1. The SMILES string of the molecule is c1ccc2c3c([nH]c2c1)[C@H](Cc1ccc2c(c1)OCO2)NCC3. The Labute approximate surface area is 134 Å². The van der Waals surface area contributed by atoms with Crippen molar-refractivity contribution in [2.24, 2.45) is 0 Å². The Hall–Kier alpha value is -2.46. The fraction of sp³-hybridized carbons (Fsp3) is 0.263. The van der Waals surface area contributed by atoms with E-state index in [1.807, 2.05) is 6.07 Å². The molecule has 0 fully saturated rings. The van der Waals surface area contributed by atoms with Crippen molar-refractivity contribution in [1.29, 1.82) is 0 Å². The minimum Gasteiger partial charge on any atom is -0.454 e. The quantitative estimate of drug-likeness (QED) is 0.763. The summed E-state index contributed by atoms with van der Waals surface area (Å²) < 4.78 is 10.9. The molecule has 3 heterocycles. The zero-order valence-corrected chi connectivity index (χ0v) is 12.8. The molecule has 0 aliphatic carbocycles. The number of nitrogens with one attached hydrogen (secondary N) is 2. The van der Waals surface area contributed by atoms with Gasteiger partial charge in [0.05, 0.1) is 6.04 Å². The van der Waals surface area contributed by atoms with Gasteiger partial charge in [-0.25, -0.2) is 0 Å². The van der Waals surface area contributed by atoms with Crippen LogP contribution in [-0.4, -0.2) is 18.3 Å². The van der Waals surface area contributed by atoms with Gasteiger partial charge in [-0.05, 0) is 48.7 Å². The summed E-state index contributed by atoms with van der Waals surface area (Å²) in [6, 6.07) is 15.1. The molecule has 4 nitrogen and oxygen atoms in total. The van der Waals surface area contributed by atoms with Crippen molar-refractivity contribution in [3.8, 4) is 11.5 Å². The monoisotopic (exact) mass is 306 g/mol. The molecule has 0 spiro atoms. The molecule has 0 saturated heterocycles. The molecular weight excluding hydrogens is 288 g/mol. The van der Waals surface area contributed by atoms with Gasteiger partial charge in [-0.1, -0.05) is 24.3 Å². The summed E-state index contributed by atoms with van der Waals surface area (Å²) in [6.45, 7) is 1.34. The van der Waals surface area contributed by atoms with Crippen LogP contribution in [0.15, 0.2) is 42.5 Å². The highest BCUT2D eigenvalue weighted by atomic mass is 16.7. The van der Waals surface area contributed by atoms with E-state index in [-0.39, 0.29) is 0 Å². The van der Waals surface area contributed by atoms with E-state index in [1.165, 1.54) is 27.7 Å². The van der Waals surface area contributed by atoms with Gasteiger partial charge in [0.2, 0.25) is 6.79 Å². The van der Waals surface area contributed by atoms with Crippen molar-refractivity contribution in [3.63, 3.8) is 0 Å². The van der Waals surface area contributed by atoms with Gasteiger partial charge in [-0.15, -0.1) is 0 Å². The fourth-order valence-corrected chi connectivity index (χ4v) is 3.74. The molecular formula is C19H18N2O2.